The summed E-state index contributed by atoms with van der Waals surface area (Å²) in [6, 6.07) is 13.2. The molecular formula is C17H19ClN2O. The van der Waals surface area contributed by atoms with E-state index >= 15 is 0 Å². The largest absolute Gasteiger partial charge is 0.398 e. The molecule has 0 spiro atoms. The standard InChI is InChI=1S/C17H19ClN2O/c1-3-12-4-6-13(7-5-12)11-20(2)17(21)15-10-14(18)8-9-16(15)19/h4-10H,3,11,19H2,1-2H3. The molecule has 2 aromatic carbocycles. The van der Waals surface area contributed by atoms with Gasteiger partial charge in [0.05, 0.1) is 5.56 Å². The lowest BCUT2D eigenvalue weighted by Gasteiger charge is -2.18. The van der Waals surface area contributed by atoms with Gasteiger partial charge in [0.1, 0.15) is 0 Å². The summed E-state index contributed by atoms with van der Waals surface area (Å²) >= 11 is 5.93. The number of anilines is 1. The number of nitrogens with zero attached hydrogens (tertiary/aromatic N) is 1. The molecule has 0 aliphatic heterocycles. The van der Waals surface area contributed by atoms with E-state index in [9.17, 15) is 4.79 Å². The highest BCUT2D eigenvalue weighted by molar-refractivity contribution is 6.31. The number of hydrogen-bond donors (Lipinski definition) is 1. The lowest BCUT2D eigenvalue weighted by molar-refractivity contribution is 0.0786. The third-order valence-corrected chi connectivity index (χ3v) is 3.68. The minimum Gasteiger partial charge on any atom is -0.398 e. The fourth-order valence-corrected chi connectivity index (χ4v) is 2.32. The molecule has 0 aliphatic carbocycles. The molecule has 2 N–H and O–H groups in total. The summed E-state index contributed by atoms with van der Waals surface area (Å²) in [6.45, 7) is 2.65. The Kier molecular flexibility index (Phi) is 4.86. The average molecular weight is 303 g/mol. The zero-order valence-corrected chi connectivity index (χ0v) is 13.0. The van der Waals surface area contributed by atoms with Gasteiger partial charge in [-0.15, -0.1) is 0 Å². The molecule has 0 atom stereocenters. The summed E-state index contributed by atoms with van der Waals surface area (Å²) in [6.07, 6.45) is 1.01. The first-order valence-electron chi connectivity index (χ1n) is 6.89. The number of benzene rings is 2. The van der Waals surface area contributed by atoms with Gasteiger partial charge in [-0.3, -0.25) is 4.79 Å². The van der Waals surface area contributed by atoms with Crippen LogP contribution in [0.25, 0.3) is 0 Å². The van der Waals surface area contributed by atoms with E-state index < -0.39 is 0 Å². The maximum absolute atomic E-state index is 12.4. The maximum Gasteiger partial charge on any atom is 0.256 e. The second kappa shape index (κ2) is 6.64. The molecule has 0 heterocycles. The number of carbonyl (C=O) groups excluding carboxylic acids is 1. The predicted octanol–water partition coefficient (Wildman–Crippen LogP) is 3.76. The van der Waals surface area contributed by atoms with Crippen LogP contribution >= 0.6 is 11.6 Å². The van der Waals surface area contributed by atoms with Gasteiger partial charge >= 0.3 is 0 Å². The van der Waals surface area contributed by atoms with Crippen molar-refractivity contribution in [2.24, 2.45) is 0 Å². The first-order chi connectivity index (χ1) is 10.0. The van der Waals surface area contributed by atoms with Gasteiger partial charge in [0.25, 0.3) is 5.91 Å². The van der Waals surface area contributed by atoms with Crippen molar-refractivity contribution in [1.82, 2.24) is 4.90 Å². The number of aryl methyl sites for hydroxylation is 1. The van der Waals surface area contributed by atoms with Gasteiger partial charge in [-0.05, 0) is 35.7 Å². The summed E-state index contributed by atoms with van der Waals surface area (Å²) in [5.41, 5.74) is 9.11. The van der Waals surface area contributed by atoms with Crippen molar-refractivity contribution >= 4 is 23.2 Å². The van der Waals surface area contributed by atoms with Gasteiger partial charge in [-0.2, -0.15) is 0 Å². The Labute approximate surface area is 130 Å². The Morgan fingerprint density at radius 2 is 1.76 bits per heavy atom. The van der Waals surface area contributed by atoms with Crippen LogP contribution in [0.1, 0.15) is 28.4 Å². The number of rotatable bonds is 4. The fraction of sp³-hybridized carbons (Fsp3) is 0.235. The van der Waals surface area contributed by atoms with Crippen molar-refractivity contribution in [3.63, 3.8) is 0 Å². The molecule has 0 unspecified atom stereocenters. The van der Waals surface area contributed by atoms with E-state index in [1.54, 1.807) is 30.1 Å². The van der Waals surface area contributed by atoms with Crippen LogP contribution < -0.4 is 5.73 Å². The van der Waals surface area contributed by atoms with Crippen LogP contribution in [-0.4, -0.2) is 17.9 Å². The summed E-state index contributed by atoms with van der Waals surface area (Å²) in [4.78, 5) is 14.1. The van der Waals surface area contributed by atoms with E-state index in [0.29, 0.717) is 22.8 Å². The van der Waals surface area contributed by atoms with Crippen molar-refractivity contribution in [3.05, 3.63) is 64.2 Å². The molecule has 0 saturated carbocycles. The second-order valence-electron chi connectivity index (χ2n) is 5.06. The van der Waals surface area contributed by atoms with Crippen LogP contribution in [0, 0.1) is 0 Å². The quantitative estimate of drug-likeness (QED) is 0.874. The highest BCUT2D eigenvalue weighted by Gasteiger charge is 2.15. The van der Waals surface area contributed by atoms with Gasteiger partial charge in [0.15, 0.2) is 0 Å². The zero-order chi connectivity index (χ0) is 15.4. The van der Waals surface area contributed by atoms with Crippen molar-refractivity contribution in [1.29, 1.82) is 0 Å². The first kappa shape index (κ1) is 15.4. The molecule has 0 aliphatic rings. The minimum atomic E-state index is -0.130. The second-order valence-corrected chi connectivity index (χ2v) is 5.50. The topological polar surface area (TPSA) is 46.3 Å². The molecule has 1 amide bonds. The third kappa shape index (κ3) is 3.76. The van der Waals surface area contributed by atoms with Crippen LogP contribution in [0.5, 0.6) is 0 Å². The molecule has 0 radical (unpaired) electrons. The molecule has 0 saturated heterocycles. The summed E-state index contributed by atoms with van der Waals surface area (Å²) < 4.78 is 0. The number of carbonyl (C=O) groups is 1. The first-order valence-corrected chi connectivity index (χ1v) is 7.27. The Bertz CT molecular complexity index is 638. The molecule has 0 aromatic heterocycles. The number of halogens is 1. The molecule has 4 heteroatoms. The SMILES string of the molecule is CCc1ccc(CN(C)C(=O)c2cc(Cl)ccc2N)cc1. The van der Waals surface area contributed by atoms with Crippen LogP contribution in [0.4, 0.5) is 5.69 Å². The monoisotopic (exact) mass is 302 g/mol. The number of nitrogens with two attached hydrogens (primary N) is 1. The number of amides is 1. The Hall–Kier alpha value is -2.00. The molecule has 3 nitrogen and oxygen atoms in total. The molecular weight excluding hydrogens is 284 g/mol. The van der Waals surface area contributed by atoms with E-state index in [2.05, 4.69) is 19.1 Å². The Morgan fingerprint density at radius 1 is 1.14 bits per heavy atom. The molecule has 2 aromatic rings. The van der Waals surface area contributed by atoms with Gasteiger partial charge in [-0.25, -0.2) is 0 Å². The van der Waals surface area contributed by atoms with Gasteiger partial charge in [0.2, 0.25) is 0 Å². The fourth-order valence-electron chi connectivity index (χ4n) is 2.15. The molecule has 0 bridgehead atoms. The van der Waals surface area contributed by atoms with Crippen molar-refractivity contribution in [3.8, 4) is 0 Å². The van der Waals surface area contributed by atoms with Crippen LogP contribution in [-0.2, 0) is 13.0 Å². The van der Waals surface area contributed by atoms with E-state index in [1.807, 2.05) is 12.1 Å². The molecule has 2 rings (SSSR count). The summed E-state index contributed by atoms with van der Waals surface area (Å²) in [7, 11) is 1.76. The number of hydrogen-bond acceptors (Lipinski definition) is 2. The van der Waals surface area contributed by atoms with Gasteiger partial charge < -0.3 is 10.6 Å². The van der Waals surface area contributed by atoms with E-state index in [0.717, 1.165) is 12.0 Å². The maximum atomic E-state index is 12.4. The van der Waals surface area contributed by atoms with Crippen LogP contribution in [0.15, 0.2) is 42.5 Å². The normalized spacial score (nSPS) is 10.4. The summed E-state index contributed by atoms with van der Waals surface area (Å²) in [5, 5.41) is 0.508. The Morgan fingerprint density at radius 3 is 2.38 bits per heavy atom. The van der Waals surface area contributed by atoms with Crippen LogP contribution in [0.2, 0.25) is 5.02 Å². The third-order valence-electron chi connectivity index (χ3n) is 3.44. The highest BCUT2D eigenvalue weighted by atomic mass is 35.5. The smallest absolute Gasteiger partial charge is 0.256 e. The van der Waals surface area contributed by atoms with Crippen molar-refractivity contribution < 1.29 is 4.79 Å². The van der Waals surface area contributed by atoms with Gasteiger partial charge in [-0.1, -0.05) is 42.8 Å². The van der Waals surface area contributed by atoms with Crippen LogP contribution in [0.3, 0.4) is 0 Å². The minimum absolute atomic E-state index is 0.130. The van der Waals surface area contributed by atoms with E-state index in [4.69, 9.17) is 17.3 Å². The predicted molar refractivity (Wildman–Crippen MR) is 87.5 cm³/mol. The van der Waals surface area contributed by atoms with Crippen molar-refractivity contribution in [2.75, 3.05) is 12.8 Å². The molecule has 21 heavy (non-hydrogen) atoms. The van der Waals surface area contributed by atoms with E-state index in [1.165, 1.54) is 5.56 Å². The lowest BCUT2D eigenvalue weighted by atomic mass is 10.1. The zero-order valence-electron chi connectivity index (χ0n) is 12.3. The van der Waals surface area contributed by atoms with E-state index in [-0.39, 0.29) is 5.91 Å². The Balaban J connectivity index is 2.13. The molecule has 110 valence electrons. The van der Waals surface area contributed by atoms with Crippen molar-refractivity contribution in [2.45, 2.75) is 19.9 Å². The summed E-state index contributed by atoms with van der Waals surface area (Å²) in [5.74, 6) is -0.130. The highest BCUT2D eigenvalue weighted by Crippen LogP contribution is 2.20. The number of nitrogen functional groups attached to an aromatic ring is 1. The lowest BCUT2D eigenvalue weighted by Crippen LogP contribution is -2.27. The molecule has 0 fully saturated rings. The van der Waals surface area contributed by atoms with Gasteiger partial charge in [0, 0.05) is 24.3 Å². The average Bonchev–Trinajstić information content (AvgIpc) is 2.49.